The zero-order chi connectivity index (χ0) is 74.1. The fraction of sp³-hybridized carbons (Fsp3) is 0.696. The summed E-state index contributed by atoms with van der Waals surface area (Å²) in [5, 5.41) is 78.2. The van der Waals surface area contributed by atoms with Gasteiger partial charge in [-0.2, -0.15) is 0 Å². The fourth-order valence-corrected chi connectivity index (χ4v) is 11.1. The first-order valence-corrected chi connectivity index (χ1v) is 33.2. The molecular weight excluding hydrogens is 1340 g/mol. The van der Waals surface area contributed by atoms with E-state index in [1.807, 2.05) is 5.32 Å². The largest absolute Gasteiger partial charge is 0.481 e. The van der Waals surface area contributed by atoms with Crippen LogP contribution in [0.2, 0.25) is 0 Å². The number of hydrogen-bond acceptors (Lipinski definition) is 25. The number of likely N-dealkylation sites (tertiary alicyclic amines) is 1. The maximum absolute atomic E-state index is 14.3. The topological polar surface area (TPSA) is 635 Å². The van der Waals surface area contributed by atoms with Gasteiger partial charge in [0.25, 0.3) is 0 Å². The third-order valence-electron chi connectivity index (χ3n) is 14.4. The van der Waals surface area contributed by atoms with E-state index < -0.39 is 219 Å². The van der Waals surface area contributed by atoms with E-state index in [0.29, 0.717) is 19.4 Å². The van der Waals surface area contributed by atoms with Crippen LogP contribution in [0.5, 0.6) is 0 Å². The van der Waals surface area contributed by atoms with Crippen LogP contribution >= 0.6 is 23.5 Å². The lowest BCUT2D eigenvalue weighted by Crippen LogP contribution is -2.61. The summed E-state index contributed by atoms with van der Waals surface area (Å²) in [4.78, 5) is 222. The van der Waals surface area contributed by atoms with Crippen LogP contribution in [0.4, 0.5) is 0 Å². The van der Waals surface area contributed by atoms with Gasteiger partial charge in [0.05, 0.1) is 56.8 Å². The summed E-state index contributed by atoms with van der Waals surface area (Å²) in [7, 11) is 0. The van der Waals surface area contributed by atoms with E-state index in [1.54, 1.807) is 13.8 Å². The number of rotatable bonds is 44. The van der Waals surface area contributed by atoms with Crippen LogP contribution < -0.4 is 81.0 Å². The van der Waals surface area contributed by atoms with E-state index in [1.165, 1.54) is 32.6 Å². The normalized spacial score (nSPS) is 19.7. The van der Waals surface area contributed by atoms with Crippen LogP contribution in [0.1, 0.15) is 99.3 Å². The zero-order valence-electron chi connectivity index (χ0n) is 54.9. The van der Waals surface area contributed by atoms with E-state index in [2.05, 4.69) is 58.5 Å². The molecule has 552 valence electrons. The number of nitrogens with two attached hydrogens (primary N) is 3. The molecule has 0 radical (unpaired) electrons. The Bertz CT molecular complexity index is 2850. The number of carbonyl (C=O) groups excluding carboxylic acids is 15. The summed E-state index contributed by atoms with van der Waals surface area (Å²) in [6.07, 6.45) is -10.6. The van der Waals surface area contributed by atoms with Gasteiger partial charge in [-0.1, -0.05) is 13.8 Å². The second-order valence-corrected chi connectivity index (χ2v) is 25.2. The number of carboxylic acid groups (broad SMARTS) is 2. The predicted octanol–water partition coefficient (Wildman–Crippen LogP) is -9.91. The fourth-order valence-electron chi connectivity index (χ4n) is 9.30. The van der Waals surface area contributed by atoms with Crippen LogP contribution in [0.25, 0.3) is 0 Å². The number of hydrogen-bond donors (Lipinski definition) is 20. The minimum Gasteiger partial charge on any atom is -0.481 e. The number of aliphatic hydroxyl groups excluding tert-OH is 3. The molecule has 2 aliphatic heterocycles. The summed E-state index contributed by atoms with van der Waals surface area (Å²) in [5.41, 5.74) is 16.3. The highest BCUT2D eigenvalue weighted by atomic mass is 32.2. The van der Waals surface area contributed by atoms with Gasteiger partial charge in [-0.25, -0.2) is 0 Å². The van der Waals surface area contributed by atoms with E-state index in [4.69, 9.17) is 26.7 Å². The standard InChI is InChI=1S/C56H92N16O24S2/c1-25(2)14-32(67-54(93)37(22-98-24-63-28(5)74)71-55(94)38-11-9-13-72(38)29(6)75)50(89)68-33(15-39(58)76)48(87)61-18-40(77)60-19-41(78)64-35(20-95-56-46(85)45(84)44(83)26(3)96-56)52(91)70-36(21-97-23-62-27(4)73)53(92)65-30(10-7-8-12-57)49(88)69-34(17-43(81)82)51(90)66-31(47(59)86)16-42(79)80/h25-26,30-38,44-46,56,83-85H,7-24,57H2,1-6H3,(H2,58,76)(H2,59,86)(H,60,77)(H,61,87)(H,62,73)(H,63,74)(H,64,78)(H,65,92)(H,66,90)(H,67,93)(H,68,89)(H,69,88)(H,70,91)(H,71,94)(H,79,80)(H,81,82)/t26-,30-,31-,32-,33-,34-,35-,36-,37-,38-,44+,45+,46-,56+/m0/s1. The highest BCUT2D eigenvalue weighted by Gasteiger charge is 2.44. The van der Waals surface area contributed by atoms with Crippen LogP contribution in [-0.4, -0.2) is 272 Å². The predicted molar refractivity (Wildman–Crippen MR) is 342 cm³/mol. The molecule has 0 spiro atoms. The monoisotopic (exact) mass is 1440 g/mol. The van der Waals surface area contributed by atoms with Crippen molar-refractivity contribution in [3.8, 4) is 0 Å². The SMILES string of the molecule is CC(=O)NCSC[C@H](NC(=O)[C@H](CO[C@@H]1O[C@@H](C)[C@@H](O)[C@@H](O)[C@@H]1O)NC(=O)CNC(=O)CNC(=O)[C@H](CC(N)=O)NC(=O)[C@H](CC(C)C)NC(=O)[C@H](CSCNC(C)=O)NC(=O)[C@@H]1CCCN1C(C)=O)C(=O)N[C@@H](CCCCN)C(=O)N[C@@H](CC(=O)O)C(=O)N[C@@H](CC(=O)O)C(N)=O. The molecule has 0 aliphatic carbocycles. The maximum atomic E-state index is 14.3. The van der Waals surface area contributed by atoms with Gasteiger partial charge in [0.2, 0.25) is 88.6 Å². The van der Waals surface area contributed by atoms with Crippen LogP contribution in [0.15, 0.2) is 0 Å². The molecule has 2 saturated heterocycles. The van der Waals surface area contributed by atoms with Crippen LogP contribution in [0.3, 0.4) is 0 Å². The van der Waals surface area contributed by atoms with Crippen molar-refractivity contribution in [2.75, 3.05) is 56.0 Å². The Hall–Kier alpha value is -8.55. The highest BCUT2D eigenvalue weighted by Crippen LogP contribution is 2.23. The molecule has 40 nitrogen and oxygen atoms in total. The minimum atomic E-state index is -2.01. The number of nitrogens with zero attached hydrogens (tertiary/aromatic N) is 1. The van der Waals surface area contributed by atoms with Gasteiger partial charge in [0.1, 0.15) is 72.7 Å². The molecule has 0 aromatic rings. The second kappa shape index (κ2) is 43.7. The van der Waals surface area contributed by atoms with E-state index in [9.17, 15) is 107 Å². The molecular formula is C56H92N16O24S2. The Kier molecular flexibility index (Phi) is 38.1. The third kappa shape index (κ3) is 31.8. The minimum absolute atomic E-state index is 0.0311. The molecule has 2 heterocycles. The molecule has 23 N–H and O–H groups in total. The van der Waals surface area contributed by atoms with Gasteiger partial charge in [-0.3, -0.25) is 81.5 Å². The Labute approximate surface area is 570 Å². The molecule has 0 saturated carbocycles. The Morgan fingerprint density at radius 3 is 1.56 bits per heavy atom. The lowest BCUT2D eigenvalue weighted by Gasteiger charge is -2.39. The van der Waals surface area contributed by atoms with Crippen molar-refractivity contribution in [2.45, 2.75) is 184 Å². The quantitative estimate of drug-likeness (QED) is 0.0199. The van der Waals surface area contributed by atoms with Crippen molar-refractivity contribution in [1.82, 2.24) is 68.7 Å². The summed E-state index contributed by atoms with van der Waals surface area (Å²) in [6.45, 7) is 5.88. The number of carbonyl (C=O) groups is 17. The van der Waals surface area contributed by atoms with E-state index in [-0.39, 0.29) is 67.5 Å². The molecule has 2 rings (SSSR count). The number of aliphatic hydroxyl groups is 3. The Morgan fingerprint density at radius 1 is 0.551 bits per heavy atom. The van der Waals surface area contributed by atoms with Gasteiger partial charge >= 0.3 is 11.9 Å². The van der Waals surface area contributed by atoms with Gasteiger partial charge in [-0.05, 0) is 57.9 Å². The molecule has 15 amide bonds. The van der Waals surface area contributed by atoms with Crippen LogP contribution in [0, 0.1) is 5.92 Å². The molecule has 0 unspecified atom stereocenters. The summed E-state index contributed by atoms with van der Waals surface area (Å²) in [5.74, 6) is -18.9. The van der Waals surface area contributed by atoms with Crippen molar-refractivity contribution in [2.24, 2.45) is 23.1 Å². The average Bonchev–Trinajstić information content (AvgIpc) is 1.16. The van der Waals surface area contributed by atoms with Crippen molar-refractivity contribution in [3.63, 3.8) is 0 Å². The lowest BCUT2D eigenvalue weighted by atomic mass is 10.00. The molecule has 14 atom stereocenters. The molecule has 42 heteroatoms. The summed E-state index contributed by atoms with van der Waals surface area (Å²) < 4.78 is 11.1. The number of primary amides is 2. The average molecular weight is 1440 g/mol. The number of nitrogens with one attached hydrogen (secondary N) is 12. The second-order valence-electron chi connectivity index (χ2n) is 23.1. The smallest absolute Gasteiger partial charge is 0.305 e. The highest BCUT2D eigenvalue weighted by molar-refractivity contribution is 7.99. The first kappa shape index (κ1) is 85.5. The Morgan fingerprint density at radius 2 is 1.03 bits per heavy atom. The number of ether oxygens (including phenoxy) is 2. The van der Waals surface area contributed by atoms with Crippen molar-refractivity contribution >= 4 is 124 Å². The van der Waals surface area contributed by atoms with Gasteiger partial charge in [-0.15, -0.1) is 23.5 Å². The number of amides is 15. The number of aliphatic carboxylic acids is 2. The molecule has 2 fully saturated rings. The van der Waals surface area contributed by atoms with Crippen molar-refractivity contribution < 1.29 is 117 Å². The maximum Gasteiger partial charge on any atom is 0.305 e. The number of unbranched alkanes of at least 4 members (excludes halogenated alkanes) is 1. The van der Waals surface area contributed by atoms with Crippen molar-refractivity contribution in [1.29, 1.82) is 0 Å². The summed E-state index contributed by atoms with van der Waals surface area (Å²) in [6, 6.07) is -14.7. The molecule has 98 heavy (non-hydrogen) atoms. The molecule has 0 bridgehead atoms. The Balaban J connectivity index is 2.41. The first-order valence-electron chi connectivity index (χ1n) is 30.9. The third-order valence-corrected chi connectivity index (χ3v) is 16.2. The van der Waals surface area contributed by atoms with Crippen LogP contribution in [-0.2, 0) is 91.0 Å². The van der Waals surface area contributed by atoms with Crippen molar-refractivity contribution in [3.05, 3.63) is 0 Å². The molecule has 0 aromatic heterocycles. The lowest BCUT2D eigenvalue weighted by molar-refractivity contribution is -0.293. The first-order chi connectivity index (χ1) is 45.9. The number of thioether (sulfide) groups is 2. The van der Waals surface area contributed by atoms with Gasteiger partial charge in [0, 0.05) is 38.8 Å². The summed E-state index contributed by atoms with van der Waals surface area (Å²) >= 11 is 1.90. The zero-order valence-corrected chi connectivity index (χ0v) is 56.5. The number of carboxylic acids is 2. The van der Waals surface area contributed by atoms with Gasteiger partial charge < -0.3 is 121 Å². The van der Waals surface area contributed by atoms with E-state index >= 15 is 0 Å². The molecule has 0 aromatic carbocycles. The van der Waals surface area contributed by atoms with Gasteiger partial charge in [0.15, 0.2) is 6.29 Å². The van der Waals surface area contributed by atoms with E-state index in [0.717, 1.165) is 23.5 Å². The molecule has 2 aliphatic rings.